The van der Waals surface area contributed by atoms with Gasteiger partial charge in [0.25, 0.3) is 0 Å². The van der Waals surface area contributed by atoms with Gasteiger partial charge in [0.2, 0.25) is 60.1 Å². The molecule has 40 heteroatoms. The van der Waals surface area contributed by atoms with Crippen LogP contribution in [0.5, 0.6) is 0 Å². The van der Waals surface area contributed by atoms with Gasteiger partial charge in [-0.3, -0.25) is 19.4 Å². The van der Waals surface area contributed by atoms with Gasteiger partial charge >= 0.3 is 0 Å². The van der Waals surface area contributed by atoms with Gasteiger partial charge in [-0.1, -0.05) is 83.9 Å². The van der Waals surface area contributed by atoms with Gasteiger partial charge in [0, 0.05) is 258 Å². The predicted octanol–water partition coefficient (Wildman–Crippen LogP) is 11.9. The first-order chi connectivity index (χ1) is 48.5. The van der Waals surface area contributed by atoms with E-state index in [0.29, 0.717) is 22.7 Å². The van der Waals surface area contributed by atoms with E-state index in [4.69, 9.17) is 0 Å². The monoisotopic (exact) mass is 2150 g/mol. The molecule has 0 atom stereocenters. The van der Waals surface area contributed by atoms with Crippen molar-refractivity contribution in [3.63, 3.8) is 0 Å². The first-order valence-electron chi connectivity index (χ1n) is 29.0. The molecule has 24 radical (unpaired) electrons. The number of hydrogen-bond acceptors (Lipinski definition) is 16. The normalized spacial score (nSPS) is 8.59. The molecule has 0 spiro atoms. The van der Waals surface area contributed by atoms with Crippen molar-refractivity contribution in [2.24, 2.45) is 0 Å². The summed E-state index contributed by atoms with van der Waals surface area (Å²) < 4.78 is 141. The van der Waals surface area contributed by atoms with Gasteiger partial charge in [0.1, 0.15) is 0 Å². The van der Waals surface area contributed by atoms with Crippen LogP contribution in [0.4, 0.5) is 34.4 Å². The smallest absolute Gasteiger partial charge is 0.229 e. The second-order valence-corrected chi connectivity index (χ2v) is 29.3. The second kappa shape index (κ2) is 95.1. The maximum absolute atomic E-state index is 10.7. The Labute approximate surface area is 871 Å². The third-order valence-corrected chi connectivity index (χ3v) is 12.7. The summed E-state index contributed by atoms with van der Waals surface area (Å²) in [6.45, 7) is 0. The number of para-hydroxylation sites is 3. The quantitative estimate of drug-likeness (QED) is 0.0489. The molecule has 4 aromatic heterocycles. The van der Waals surface area contributed by atoms with E-state index >= 15 is 0 Å². The number of nitrogens with one attached hydrogen (secondary N) is 6. The minimum absolute atomic E-state index is 0. The fraction of sp³-hybridized carbons (Fsp3) is 0.128. The van der Waals surface area contributed by atoms with Crippen LogP contribution in [0, 0.1) is 72.9 Å². The van der Waals surface area contributed by atoms with Gasteiger partial charge in [-0.15, -0.1) is 18.2 Å². The van der Waals surface area contributed by atoms with Crippen LogP contribution in [0.2, 0.25) is 0 Å². The Morgan fingerprint density at radius 2 is 0.466 bits per heavy atom. The Morgan fingerprint density at radius 1 is 0.237 bits per heavy atom. The molecule has 0 fully saturated rings. The molecule has 118 heavy (non-hydrogen) atoms. The van der Waals surface area contributed by atoms with E-state index in [2.05, 4.69) is 121 Å². The van der Waals surface area contributed by atoms with Crippen LogP contribution < -0.4 is 28.3 Å². The Balaban J connectivity index is -0.0000000684. The largest absolute Gasteiger partial charge is 0.394 e. The fourth-order valence-electron chi connectivity index (χ4n) is 5.65. The summed E-state index contributed by atoms with van der Waals surface area (Å²) in [6.07, 6.45) is 16.8. The van der Waals surface area contributed by atoms with Crippen LogP contribution in [0.15, 0.2) is 304 Å². The van der Waals surface area contributed by atoms with Crippen molar-refractivity contribution in [3.05, 3.63) is 377 Å². The number of benzene rings is 8. The van der Waals surface area contributed by atoms with Crippen LogP contribution in [0.1, 0.15) is 29.7 Å². The van der Waals surface area contributed by atoms with Crippen LogP contribution in [-0.4, -0.2) is 158 Å². The number of rotatable bonds is 12. The molecule has 0 aliphatic rings. The maximum atomic E-state index is 10.7. The minimum Gasteiger partial charge on any atom is -0.394 e. The Hall–Kier alpha value is -4.13. The van der Waals surface area contributed by atoms with Crippen LogP contribution in [0.25, 0.3) is 0 Å². The zero-order valence-electron chi connectivity index (χ0n) is 62.9. The topological polar surface area (TPSA) is 329 Å². The number of anilines is 6. The van der Waals surface area contributed by atoms with Gasteiger partial charge in [-0.05, 0) is 5.69 Å². The number of sulfonamides is 6. The van der Waals surface area contributed by atoms with Gasteiger partial charge in [-0.2, -0.15) is 297 Å². The Morgan fingerprint density at radius 3 is 0.610 bits per heavy atom. The maximum Gasteiger partial charge on any atom is 0.229 e. The molecule has 4 heterocycles. The Kier molecular flexibility index (Phi) is 122. The predicted molar refractivity (Wildman–Crippen MR) is 467 cm³/mol. The average Bonchev–Trinajstić information content (AvgIpc) is 0.946. The molecular weight excluding hydrogens is 2060 g/mol. The van der Waals surface area contributed by atoms with Crippen molar-refractivity contribution in [1.29, 1.82) is 0 Å². The second-order valence-electron chi connectivity index (χ2n) is 18.8. The molecule has 608 valence electrons. The van der Waals surface area contributed by atoms with E-state index in [9.17, 15) is 50.5 Å². The summed E-state index contributed by atoms with van der Waals surface area (Å²) in [5.41, 5.74) is 1.76. The molecule has 6 N–H and O–H groups in total. The molecule has 0 amide bonds. The molecule has 12 rings (SSSR count). The standard InChI is InChI=1S/3C7H8NO2S.3C6H7N2O2S.5C6H5.C5H4N.4CH4.6B.6Y/c3*1-11(9,10)8-7-5-3-2-4-6-7;1-11(9,10)8-6-3-2-4-7-5-6;2*1-11(9,10)8-6-4-2-3-5-7-6;6*1-2-4-6-5-3-1;;;;;;;;;;;;;;;;/h3*2-5,8H,1H3;2,4-5,8H,1H3;2*2-3,5H,1H3,(H,7,8);5*1-5H;1-4H;4*1H4;;;;;;;;;;;;/q12*-1;;;;;;;;;;;;;;;;. The molecule has 0 saturated heterocycles. The SMILES string of the molecule is C.C.C.C.CS(=O)(=O)Nc1[c-]cccc1.CS(=O)(=O)Nc1[c-]cccc1.CS(=O)(=O)Nc1[c-]cccc1.CS(=O)(=O)Nc1[c-]cccn1.CS(=O)(=O)Nc1[c-]cccn1.CS(=O)(=O)Nc1[c-]ccnc1.[B].[B].[B].[B].[B].[B].[Y].[Y].[Y].[Y].[Y].[Y].[c-]1ccccc1.[c-]1ccccc1.[c-]1ccccc1.[c-]1ccccc1.[c-]1ccccc1.[c-]1ccccn1. The summed E-state index contributed by atoms with van der Waals surface area (Å²) in [6, 6.07) is 113. The first kappa shape index (κ1) is 151. The zero-order valence-corrected chi connectivity index (χ0v) is 84.9. The molecule has 0 saturated carbocycles. The fourth-order valence-corrected chi connectivity index (χ4v) is 8.67. The third-order valence-electron chi connectivity index (χ3n) is 9.24. The number of pyridine rings is 4. The summed E-state index contributed by atoms with van der Waals surface area (Å²) in [4.78, 5) is 14.8. The van der Waals surface area contributed by atoms with Gasteiger partial charge < -0.3 is 28.9 Å². The molecule has 0 aliphatic carbocycles. The molecule has 8 aromatic carbocycles. The van der Waals surface area contributed by atoms with E-state index in [1.54, 1.807) is 109 Å². The summed E-state index contributed by atoms with van der Waals surface area (Å²) in [5.74, 6) is 0.435. The van der Waals surface area contributed by atoms with E-state index < -0.39 is 60.1 Å². The molecule has 22 nitrogen and oxygen atoms in total. The summed E-state index contributed by atoms with van der Waals surface area (Å²) in [5, 5.41) is 0. The van der Waals surface area contributed by atoms with Gasteiger partial charge in [0.15, 0.2) is 0 Å². The van der Waals surface area contributed by atoms with E-state index in [1.165, 1.54) is 30.9 Å². The van der Waals surface area contributed by atoms with Crippen LogP contribution in [0.3, 0.4) is 0 Å². The van der Waals surface area contributed by atoms with Gasteiger partial charge in [0.05, 0.1) is 37.5 Å². The van der Waals surface area contributed by atoms with E-state index in [0.717, 1.165) is 37.5 Å². The first-order valence-corrected chi connectivity index (χ1v) is 40.4. The van der Waals surface area contributed by atoms with Gasteiger partial charge in [-0.25, -0.2) is 74.8 Å². The summed E-state index contributed by atoms with van der Waals surface area (Å²) in [7, 11) is -19.1. The third kappa shape index (κ3) is 114. The van der Waals surface area contributed by atoms with Crippen molar-refractivity contribution in [2.45, 2.75) is 29.7 Å². The number of hydrogen-bond donors (Lipinski definition) is 6. The van der Waals surface area contributed by atoms with Crippen LogP contribution >= 0.6 is 0 Å². The van der Waals surface area contributed by atoms with Crippen LogP contribution in [-0.2, 0) is 256 Å². The molecule has 0 aliphatic heterocycles. The number of nitrogens with zero attached hydrogens (tertiary/aromatic N) is 4. The molecule has 0 bridgehead atoms. The molecular formula is C78H90B6N10O12S6Y6-12. The Bertz CT molecular complexity index is 3760. The van der Waals surface area contributed by atoms with Crippen molar-refractivity contribution in [1.82, 2.24) is 19.9 Å². The van der Waals surface area contributed by atoms with Crippen molar-refractivity contribution >= 4 is 145 Å². The van der Waals surface area contributed by atoms with E-state index in [-0.39, 0.29) is 288 Å². The molecule has 0 unspecified atom stereocenters. The zero-order chi connectivity index (χ0) is 75.4. The average molecular weight is 2150 g/mol. The van der Waals surface area contributed by atoms with E-state index in [1.807, 2.05) is 164 Å². The van der Waals surface area contributed by atoms with Crippen molar-refractivity contribution < 1.29 is 247 Å². The number of aromatic nitrogens is 4. The summed E-state index contributed by atoms with van der Waals surface area (Å²) >= 11 is 0. The van der Waals surface area contributed by atoms with Crippen molar-refractivity contribution in [2.75, 3.05) is 65.9 Å². The van der Waals surface area contributed by atoms with Crippen molar-refractivity contribution in [3.8, 4) is 0 Å². The minimum atomic E-state index is -3.22. The molecule has 12 aromatic rings.